The Bertz CT molecular complexity index is 468. The van der Waals surface area contributed by atoms with Crippen LogP contribution in [-0.4, -0.2) is 48.3 Å². The monoisotopic (exact) mass is 278 g/mol. The first-order valence-electron chi connectivity index (χ1n) is 6.99. The number of nitrogens with two attached hydrogens (primary N) is 1. The van der Waals surface area contributed by atoms with Gasteiger partial charge in [-0.3, -0.25) is 4.79 Å². The number of rotatable bonds is 4. The molecule has 1 aromatic rings. The van der Waals surface area contributed by atoms with Crippen molar-refractivity contribution in [2.24, 2.45) is 0 Å². The minimum Gasteiger partial charge on any atom is -0.398 e. The third-order valence-corrected chi connectivity index (χ3v) is 3.61. The number of aryl methyl sites for hydroxylation is 1. The first-order valence-corrected chi connectivity index (χ1v) is 6.99. The van der Waals surface area contributed by atoms with Crippen LogP contribution in [0, 0.1) is 6.92 Å². The quantitative estimate of drug-likeness (QED) is 0.811. The molecular weight excluding hydrogens is 256 g/mol. The van der Waals surface area contributed by atoms with E-state index < -0.39 is 0 Å². The summed E-state index contributed by atoms with van der Waals surface area (Å²) in [6, 6.07) is 5.52. The Morgan fingerprint density at radius 2 is 2.15 bits per heavy atom. The summed E-state index contributed by atoms with van der Waals surface area (Å²) in [5.41, 5.74) is 8.03. The molecule has 1 aliphatic heterocycles. The number of carbonyl (C=O) groups is 1. The topological polar surface area (TPSA) is 75.8 Å². The summed E-state index contributed by atoms with van der Waals surface area (Å²) in [7, 11) is 0. The van der Waals surface area contributed by atoms with Gasteiger partial charge in [-0.05, 0) is 31.9 Å². The van der Waals surface area contributed by atoms with Crippen LogP contribution in [0.5, 0.6) is 0 Å². The number of ether oxygens (including phenoxy) is 1. The van der Waals surface area contributed by atoms with E-state index >= 15 is 0 Å². The van der Waals surface area contributed by atoms with E-state index in [2.05, 4.69) is 0 Å². The summed E-state index contributed by atoms with van der Waals surface area (Å²) < 4.78 is 5.50. The fraction of sp³-hybridized carbons (Fsp3) is 0.533. The molecule has 1 fully saturated rings. The number of piperidine rings is 1. The van der Waals surface area contributed by atoms with Crippen molar-refractivity contribution in [1.29, 1.82) is 0 Å². The van der Waals surface area contributed by atoms with Crippen LogP contribution < -0.4 is 5.73 Å². The van der Waals surface area contributed by atoms with Crippen molar-refractivity contribution in [3.05, 3.63) is 29.3 Å². The lowest BCUT2D eigenvalue weighted by molar-refractivity contribution is -0.00552. The number of amides is 1. The number of nitrogens with zero attached hydrogens (tertiary/aromatic N) is 1. The van der Waals surface area contributed by atoms with E-state index in [4.69, 9.17) is 15.6 Å². The van der Waals surface area contributed by atoms with E-state index in [1.54, 1.807) is 6.07 Å². The van der Waals surface area contributed by atoms with Crippen molar-refractivity contribution >= 4 is 11.6 Å². The average Bonchev–Trinajstić information content (AvgIpc) is 2.47. The molecule has 0 radical (unpaired) electrons. The molecule has 1 saturated heterocycles. The van der Waals surface area contributed by atoms with Crippen molar-refractivity contribution in [3.63, 3.8) is 0 Å². The van der Waals surface area contributed by atoms with Crippen LogP contribution in [0.15, 0.2) is 18.2 Å². The van der Waals surface area contributed by atoms with Gasteiger partial charge in [-0.25, -0.2) is 0 Å². The van der Waals surface area contributed by atoms with E-state index in [9.17, 15) is 4.79 Å². The summed E-state index contributed by atoms with van der Waals surface area (Å²) >= 11 is 0. The summed E-state index contributed by atoms with van der Waals surface area (Å²) in [5.74, 6) is -0.00759. The fourth-order valence-electron chi connectivity index (χ4n) is 2.47. The maximum Gasteiger partial charge on any atom is 0.255 e. The number of aliphatic hydroxyl groups excluding tert-OH is 1. The molecule has 0 atom stereocenters. The molecule has 1 amide bonds. The molecule has 1 aliphatic rings. The number of anilines is 1. The lowest BCUT2D eigenvalue weighted by atomic mass is 10.0. The molecule has 2 rings (SSSR count). The van der Waals surface area contributed by atoms with Crippen LogP contribution in [0.4, 0.5) is 5.69 Å². The Hall–Kier alpha value is -1.59. The Morgan fingerprint density at radius 3 is 2.80 bits per heavy atom. The van der Waals surface area contributed by atoms with Crippen molar-refractivity contribution in [3.8, 4) is 0 Å². The van der Waals surface area contributed by atoms with Crippen molar-refractivity contribution in [1.82, 2.24) is 4.90 Å². The first-order chi connectivity index (χ1) is 9.61. The smallest absolute Gasteiger partial charge is 0.255 e. The van der Waals surface area contributed by atoms with E-state index in [0.717, 1.165) is 18.4 Å². The van der Waals surface area contributed by atoms with Crippen molar-refractivity contribution in [2.45, 2.75) is 25.9 Å². The summed E-state index contributed by atoms with van der Waals surface area (Å²) in [5, 5.41) is 8.74. The second kappa shape index (κ2) is 6.72. The molecule has 110 valence electrons. The Balaban J connectivity index is 1.96. The molecule has 1 aromatic carbocycles. The number of nitrogen functional groups attached to an aromatic ring is 1. The number of likely N-dealkylation sites (tertiary alicyclic amines) is 1. The summed E-state index contributed by atoms with van der Waals surface area (Å²) in [6.07, 6.45) is 1.75. The van der Waals surface area contributed by atoms with Gasteiger partial charge in [0.2, 0.25) is 0 Å². The molecule has 0 aliphatic carbocycles. The van der Waals surface area contributed by atoms with Gasteiger partial charge < -0.3 is 20.5 Å². The maximum absolute atomic E-state index is 12.5. The van der Waals surface area contributed by atoms with Crippen molar-refractivity contribution in [2.75, 3.05) is 32.0 Å². The fourth-order valence-corrected chi connectivity index (χ4v) is 2.47. The van der Waals surface area contributed by atoms with Gasteiger partial charge in [-0.1, -0.05) is 11.6 Å². The zero-order valence-electron chi connectivity index (χ0n) is 11.8. The number of benzene rings is 1. The highest BCUT2D eigenvalue weighted by Gasteiger charge is 2.25. The molecule has 0 aromatic heterocycles. The predicted molar refractivity (Wildman–Crippen MR) is 77.6 cm³/mol. The van der Waals surface area contributed by atoms with Gasteiger partial charge in [-0.15, -0.1) is 0 Å². The molecule has 5 heteroatoms. The maximum atomic E-state index is 12.5. The van der Waals surface area contributed by atoms with Gasteiger partial charge in [0.1, 0.15) is 0 Å². The van der Waals surface area contributed by atoms with E-state index in [-0.39, 0.29) is 18.6 Å². The van der Waals surface area contributed by atoms with Crippen LogP contribution in [0.25, 0.3) is 0 Å². The van der Waals surface area contributed by atoms with Crippen LogP contribution >= 0.6 is 0 Å². The van der Waals surface area contributed by atoms with Crippen LogP contribution in [0.3, 0.4) is 0 Å². The highest BCUT2D eigenvalue weighted by Crippen LogP contribution is 2.20. The number of aliphatic hydroxyl groups is 1. The highest BCUT2D eigenvalue weighted by molar-refractivity contribution is 5.99. The third kappa shape index (κ3) is 3.49. The lowest BCUT2D eigenvalue weighted by Gasteiger charge is -2.32. The zero-order valence-corrected chi connectivity index (χ0v) is 11.8. The van der Waals surface area contributed by atoms with Crippen LogP contribution in [0.2, 0.25) is 0 Å². The minimum absolute atomic E-state index is 0.00759. The lowest BCUT2D eigenvalue weighted by Crippen LogP contribution is -2.41. The average molecular weight is 278 g/mol. The SMILES string of the molecule is Cc1ccc(N)c(C(=O)N2CCC(OCCO)CC2)c1. The normalized spacial score (nSPS) is 16.4. The molecule has 0 bridgehead atoms. The van der Waals surface area contributed by atoms with E-state index in [1.807, 2.05) is 24.0 Å². The standard InChI is InChI=1S/C15H22N2O3/c1-11-2-3-14(16)13(10-11)15(19)17-6-4-12(5-7-17)20-9-8-18/h2-3,10,12,18H,4-9,16H2,1H3. The van der Waals surface area contributed by atoms with Crippen LogP contribution in [-0.2, 0) is 4.74 Å². The molecule has 3 N–H and O–H groups in total. The van der Waals surface area contributed by atoms with Crippen molar-refractivity contribution < 1.29 is 14.6 Å². The van der Waals surface area contributed by atoms with E-state index in [0.29, 0.717) is 30.9 Å². The molecule has 0 unspecified atom stereocenters. The van der Waals surface area contributed by atoms with Gasteiger partial charge in [0.05, 0.1) is 24.9 Å². The molecule has 1 heterocycles. The Morgan fingerprint density at radius 1 is 1.45 bits per heavy atom. The minimum atomic E-state index is -0.00759. The molecule has 20 heavy (non-hydrogen) atoms. The van der Waals surface area contributed by atoms with Gasteiger partial charge in [-0.2, -0.15) is 0 Å². The second-order valence-corrected chi connectivity index (χ2v) is 5.18. The van der Waals surface area contributed by atoms with E-state index in [1.165, 1.54) is 0 Å². The largest absolute Gasteiger partial charge is 0.398 e. The summed E-state index contributed by atoms with van der Waals surface area (Å²) in [6.45, 7) is 3.69. The number of carbonyl (C=O) groups excluding carboxylic acids is 1. The van der Waals surface area contributed by atoms with Gasteiger partial charge in [0.25, 0.3) is 5.91 Å². The Kier molecular flexibility index (Phi) is 4.98. The third-order valence-electron chi connectivity index (χ3n) is 3.61. The van der Waals surface area contributed by atoms with Crippen LogP contribution in [0.1, 0.15) is 28.8 Å². The molecule has 0 saturated carbocycles. The molecule has 5 nitrogen and oxygen atoms in total. The summed E-state index contributed by atoms with van der Waals surface area (Å²) in [4.78, 5) is 14.3. The van der Waals surface area contributed by atoms with Gasteiger partial charge >= 0.3 is 0 Å². The first kappa shape index (κ1) is 14.8. The predicted octanol–water partition coefficient (Wildman–Crippen LogP) is 1.19. The molecule has 0 spiro atoms. The van der Waals surface area contributed by atoms with Gasteiger partial charge in [0, 0.05) is 18.8 Å². The second-order valence-electron chi connectivity index (χ2n) is 5.18. The van der Waals surface area contributed by atoms with Gasteiger partial charge in [0.15, 0.2) is 0 Å². The highest BCUT2D eigenvalue weighted by atomic mass is 16.5. The zero-order chi connectivity index (χ0) is 14.5. The Labute approximate surface area is 119 Å². The number of hydrogen-bond acceptors (Lipinski definition) is 4. The molecular formula is C15H22N2O3. The number of hydrogen-bond donors (Lipinski definition) is 2.